The molecular weight excluding hydrogens is 398 g/mol. The van der Waals surface area contributed by atoms with Crippen LogP contribution in [0.2, 0.25) is 0 Å². The second-order valence-corrected chi connectivity index (χ2v) is 8.96. The molecule has 2 amide bonds. The molecule has 162 valence electrons. The van der Waals surface area contributed by atoms with Crippen molar-refractivity contribution in [2.75, 3.05) is 30.2 Å². The van der Waals surface area contributed by atoms with Crippen molar-refractivity contribution < 1.29 is 9.59 Å². The van der Waals surface area contributed by atoms with E-state index in [1.807, 2.05) is 100 Å². The van der Waals surface area contributed by atoms with Crippen molar-refractivity contribution in [1.29, 1.82) is 0 Å². The summed E-state index contributed by atoms with van der Waals surface area (Å²) in [6.07, 6.45) is 0. The predicted octanol–water partition coefficient (Wildman–Crippen LogP) is 5.07. The van der Waals surface area contributed by atoms with Crippen LogP contribution in [0.4, 0.5) is 11.4 Å². The van der Waals surface area contributed by atoms with Crippen LogP contribution in [0.15, 0.2) is 48.5 Å². The lowest BCUT2D eigenvalue weighted by Gasteiger charge is -2.35. The molecule has 0 unspecified atom stereocenters. The van der Waals surface area contributed by atoms with E-state index in [-0.39, 0.29) is 23.7 Å². The van der Waals surface area contributed by atoms with Crippen LogP contribution in [-0.4, -0.2) is 36.7 Å². The van der Waals surface area contributed by atoms with Crippen molar-refractivity contribution in [2.24, 2.45) is 5.41 Å². The van der Waals surface area contributed by atoms with E-state index in [1.165, 1.54) is 0 Å². The molecule has 0 fully saturated rings. The molecule has 2 aromatic carbocycles. The zero-order valence-electron chi connectivity index (χ0n) is 18.7. The normalized spacial score (nSPS) is 12.2. The van der Waals surface area contributed by atoms with Gasteiger partial charge >= 0.3 is 0 Å². The largest absolute Gasteiger partial charge is 0.377 e. The summed E-state index contributed by atoms with van der Waals surface area (Å²) in [4.78, 5) is 29.1. The summed E-state index contributed by atoms with van der Waals surface area (Å²) in [5.41, 5.74) is 3.16. The van der Waals surface area contributed by atoms with Crippen LogP contribution in [0.1, 0.15) is 44.9 Å². The van der Waals surface area contributed by atoms with Crippen molar-refractivity contribution >= 4 is 34.8 Å². The molecule has 30 heavy (non-hydrogen) atoms. The van der Waals surface area contributed by atoms with E-state index < -0.39 is 5.41 Å². The Bertz CT molecular complexity index is 876. The Morgan fingerprint density at radius 1 is 1.07 bits per heavy atom. The van der Waals surface area contributed by atoms with E-state index in [1.54, 1.807) is 0 Å². The van der Waals surface area contributed by atoms with Gasteiger partial charge in [0.25, 0.3) is 0 Å². The standard InChI is InChI=1S/C24H32ClN3O2/c1-17(18-10-8-7-9-11-18)28(23(30)24(2,3)4)16-19-14-20(26-22(29)15-25)12-13-21(19)27(5)6/h7-14,17H,15-16H2,1-6H3,(H,26,29)/t17-/m0/s1. The number of benzene rings is 2. The van der Waals surface area contributed by atoms with E-state index in [2.05, 4.69) is 5.32 Å². The second kappa shape index (κ2) is 9.98. The fourth-order valence-corrected chi connectivity index (χ4v) is 3.40. The average Bonchev–Trinajstić information content (AvgIpc) is 2.70. The SMILES string of the molecule is C[C@@H](c1ccccc1)N(Cc1cc(NC(=O)CCl)ccc1N(C)C)C(=O)C(C)(C)C. The van der Waals surface area contributed by atoms with Crippen molar-refractivity contribution in [3.8, 4) is 0 Å². The number of hydrogen-bond donors (Lipinski definition) is 1. The molecule has 0 bridgehead atoms. The molecule has 2 aromatic rings. The number of amides is 2. The smallest absolute Gasteiger partial charge is 0.239 e. The second-order valence-electron chi connectivity index (χ2n) is 8.69. The van der Waals surface area contributed by atoms with E-state index >= 15 is 0 Å². The Kier molecular flexibility index (Phi) is 7.90. The summed E-state index contributed by atoms with van der Waals surface area (Å²) < 4.78 is 0. The number of carbonyl (C=O) groups excluding carboxylic acids is 2. The fourth-order valence-electron chi connectivity index (χ4n) is 3.33. The lowest BCUT2D eigenvalue weighted by molar-refractivity contribution is -0.142. The molecule has 0 radical (unpaired) electrons. The van der Waals surface area contributed by atoms with Crippen LogP contribution in [0.5, 0.6) is 0 Å². The predicted molar refractivity (Wildman–Crippen MR) is 125 cm³/mol. The molecule has 1 atom stereocenters. The molecule has 1 N–H and O–H groups in total. The maximum absolute atomic E-state index is 13.4. The highest BCUT2D eigenvalue weighted by Crippen LogP contribution is 2.32. The van der Waals surface area contributed by atoms with Gasteiger partial charge in [-0.2, -0.15) is 0 Å². The van der Waals surface area contributed by atoms with Crippen LogP contribution in [0.25, 0.3) is 0 Å². The van der Waals surface area contributed by atoms with Crippen molar-refractivity contribution in [1.82, 2.24) is 4.90 Å². The summed E-state index contributed by atoms with van der Waals surface area (Å²) in [7, 11) is 3.93. The van der Waals surface area contributed by atoms with Gasteiger partial charge in [-0.3, -0.25) is 9.59 Å². The highest BCUT2D eigenvalue weighted by molar-refractivity contribution is 6.29. The van der Waals surface area contributed by atoms with Gasteiger partial charge in [0.05, 0.1) is 6.04 Å². The Balaban J connectivity index is 2.48. The molecule has 0 aliphatic rings. The van der Waals surface area contributed by atoms with Crippen LogP contribution < -0.4 is 10.2 Å². The van der Waals surface area contributed by atoms with Gasteiger partial charge in [0, 0.05) is 37.4 Å². The van der Waals surface area contributed by atoms with Crippen LogP contribution in [0.3, 0.4) is 0 Å². The highest BCUT2D eigenvalue weighted by atomic mass is 35.5. The first-order valence-corrected chi connectivity index (χ1v) is 10.6. The van der Waals surface area contributed by atoms with Gasteiger partial charge < -0.3 is 15.1 Å². The van der Waals surface area contributed by atoms with Crippen LogP contribution in [-0.2, 0) is 16.1 Å². The number of rotatable bonds is 7. The van der Waals surface area contributed by atoms with E-state index in [0.29, 0.717) is 12.2 Å². The third kappa shape index (κ3) is 5.99. The number of hydrogen-bond acceptors (Lipinski definition) is 3. The summed E-state index contributed by atoms with van der Waals surface area (Å²) >= 11 is 5.64. The first-order chi connectivity index (χ1) is 14.0. The first kappa shape index (κ1) is 23.7. The Hall–Kier alpha value is -2.53. The minimum absolute atomic E-state index is 0.0683. The number of anilines is 2. The molecule has 0 heterocycles. The number of carbonyl (C=O) groups is 2. The van der Waals surface area contributed by atoms with Crippen LogP contribution >= 0.6 is 11.6 Å². The first-order valence-electron chi connectivity index (χ1n) is 10.1. The van der Waals surface area contributed by atoms with Gasteiger partial charge in [-0.05, 0) is 36.2 Å². The van der Waals surface area contributed by atoms with Crippen molar-refractivity contribution in [3.63, 3.8) is 0 Å². The number of nitrogens with one attached hydrogen (secondary N) is 1. The summed E-state index contributed by atoms with van der Waals surface area (Å²) in [6, 6.07) is 15.6. The van der Waals surface area contributed by atoms with E-state index in [4.69, 9.17) is 11.6 Å². The monoisotopic (exact) mass is 429 g/mol. The van der Waals surface area contributed by atoms with Crippen molar-refractivity contribution in [2.45, 2.75) is 40.3 Å². The molecule has 0 aromatic heterocycles. The maximum atomic E-state index is 13.4. The molecule has 5 nitrogen and oxygen atoms in total. The summed E-state index contributed by atoms with van der Waals surface area (Å²) in [5, 5.41) is 2.80. The summed E-state index contributed by atoms with van der Waals surface area (Å²) in [5.74, 6) is -0.302. The van der Waals surface area contributed by atoms with Gasteiger partial charge in [-0.25, -0.2) is 0 Å². The van der Waals surface area contributed by atoms with Gasteiger partial charge in [0.2, 0.25) is 11.8 Å². The summed E-state index contributed by atoms with van der Waals surface area (Å²) in [6.45, 7) is 8.27. The topological polar surface area (TPSA) is 52.7 Å². The zero-order chi connectivity index (χ0) is 22.5. The number of alkyl halides is 1. The molecule has 0 saturated heterocycles. The Labute approximate surface area is 185 Å². The molecule has 0 saturated carbocycles. The molecule has 2 rings (SSSR count). The third-order valence-electron chi connectivity index (χ3n) is 4.96. The lowest BCUT2D eigenvalue weighted by Crippen LogP contribution is -2.40. The molecule has 0 spiro atoms. The molecule has 0 aliphatic heterocycles. The zero-order valence-corrected chi connectivity index (χ0v) is 19.5. The van der Waals surface area contributed by atoms with Crippen LogP contribution in [0, 0.1) is 5.41 Å². The van der Waals surface area contributed by atoms with Crippen molar-refractivity contribution in [3.05, 3.63) is 59.7 Å². The third-order valence-corrected chi connectivity index (χ3v) is 5.20. The minimum atomic E-state index is -0.522. The highest BCUT2D eigenvalue weighted by Gasteiger charge is 2.31. The number of nitrogens with zero attached hydrogens (tertiary/aromatic N) is 2. The molecular formula is C24H32ClN3O2. The van der Waals surface area contributed by atoms with Gasteiger partial charge in [0.1, 0.15) is 5.88 Å². The lowest BCUT2D eigenvalue weighted by atomic mass is 9.92. The van der Waals surface area contributed by atoms with Gasteiger partial charge in [-0.15, -0.1) is 11.6 Å². The minimum Gasteiger partial charge on any atom is -0.377 e. The average molecular weight is 430 g/mol. The molecule has 6 heteroatoms. The number of halogens is 1. The van der Waals surface area contributed by atoms with E-state index in [0.717, 1.165) is 16.8 Å². The van der Waals surface area contributed by atoms with Gasteiger partial charge in [-0.1, -0.05) is 51.1 Å². The Morgan fingerprint density at radius 3 is 2.23 bits per heavy atom. The fraction of sp³-hybridized carbons (Fsp3) is 0.417. The quantitative estimate of drug-likeness (QED) is 0.625. The maximum Gasteiger partial charge on any atom is 0.239 e. The van der Waals surface area contributed by atoms with Gasteiger partial charge in [0.15, 0.2) is 0 Å². The van der Waals surface area contributed by atoms with E-state index in [9.17, 15) is 9.59 Å². The Morgan fingerprint density at radius 2 is 1.70 bits per heavy atom. The molecule has 0 aliphatic carbocycles.